The number of aliphatic carboxylic acids is 2. The van der Waals surface area contributed by atoms with Crippen LogP contribution in [0.3, 0.4) is 0 Å². The molecule has 0 aromatic heterocycles. The molecule has 2 aliphatic heterocycles. The zero-order valence-electron chi connectivity index (χ0n) is 25.8. The van der Waals surface area contributed by atoms with E-state index >= 15 is 0 Å². The highest BCUT2D eigenvalue weighted by molar-refractivity contribution is 6.01. The van der Waals surface area contributed by atoms with Crippen LogP contribution in [0.5, 0.6) is 0 Å². The highest BCUT2D eigenvalue weighted by atomic mass is 19.4. The van der Waals surface area contributed by atoms with E-state index in [1.807, 2.05) is 29.2 Å². The summed E-state index contributed by atoms with van der Waals surface area (Å²) >= 11 is 0. The second-order valence-electron chi connectivity index (χ2n) is 10.2. The van der Waals surface area contributed by atoms with Gasteiger partial charge in [-0.3, -0.25) is 24.5 Å². The number of imide groups is 1. The largest absolute Gasteiger partial charge is 0.490 e. The van der Waals surface area contributed by atoms with Gasteiger partial charge in [0.25, 0.3) is 0 Å². The Morgan fingerprint density at radius 1 is 0.809 bits per heavy atom. The number of rotatable bonds is 18. The molecule has 2 aliphatic rings. The van der Waals surface area contributed by atoms with Crippen molar-refractivity contribution in [2.75, 3.05) is 89.3 Å². The number of carboxylic acid groups (broad SMARTS) is 2. The monoisotopic (exact) mass is 678 g/mol. The minimum atomic E-state index is -5.08. The van der Waals surface area contributed by atoms with Crippen LogP contribution < -0.4 is 15.5 Å². The number of halogens is 3. The molecule has 0 saturated carbocycles. The Morgan fingerprint density at radius 3 is 1.77 bits per heavy atom. The average molecular weight is 679 g/mol. The molecule has 47 heavy (non-hydrogen) atoms. The molecule has 0 bridgehead atoms. The molecule has 0 spiro atoms. The number of ether oxygens (including phenoxy) is 4. The summed E-state index contributed by atoms with van der Waals surface area (Å²) in [6.07, 6.45) is -3.96. The van der Waals surface area contributed by atoms with E-state index < -0.39 is 24.2 Å². The third kappa shape index (κ3) is 16.4. The minimum absolute atomic E-state index is 0.0171. The zero-order chi connectivity index (χ0) is 34.7. The molecule has 3 amide bonds. The van der Waals surface area contributed by atoms with Gasteiger partial charge in [-0.15, -0.1) is 0 Å². The first-order chi connectivity index (χ1) is 22.4. The molecular weight excluding hydrogens is 637 g/mol. The SMILES string of the molecule is O=C(O)C(F)(F)F.O=C(O)CCOCCOCCOCCOCCC(=O)N1CCN(c2ccc(NC3CCC(=O)NC3=O)cc2)CC1. The number of alkyl halides is 3. The number of carbonyl (C=O) groups is 5. The van der Waals surface area contributed by atoms with E-state index in [4.69, 9.17) is 34.0 Å². The van der Waals surface area contributed by atoms with Crippen LogP contribution in [0.2, 0.25) is 0 Å². The van der Waals surface area contributed by atoms with Crippen molar-refractivity contribution in [1.29, 1.82) is 0 Å². The van der Waals surface area contributed by atoms with Gasteiger partial charge in [-0.2, -0.15) is 13.2 Å². The topological polar surface area (TPSA) is 193 Å². The lowest BCUT2D eigenvalue weighted by Gasteiger charge is -2.36. The summed E-state index contributed by atoms with van der Waals surface area (Å²) in [4.78, 5) is 59.1. The molecule has 2 heterocycles. The predicted octanol–water partition coefficient (Wildman–Crippen LogP) is 1.12. The quantitative estimate of drug-likeness (QED) is 0.128. The molecule has 1 unspecified atom stereocenters. The molecule has 1 atom stereocenters. The number of carbonyl (C=O) groups excluding carboxylic acids is 3. The van der Waals surface area contributed by atoms with E-state index in [1.54, 1.807) is 0 Å². The molecule has 0 aliphatic carbocycles. The maximum atomic E-state index is 12.5. The fraction of sp³-hybridized carbons (Fsp3) is 0.621. The Labute approximate surface area is 269 Å². The summed E-state index contributed by atoms with van der Waals surface area (Å²) in [7, 11) is 0. The highest BCUT2D eigenvalue weighted by Gasteiger charge is 2.38. The third-order valence-electron chi connectivity index (χ3n) is 6.72. The van der Waals surface area contributed by atoms with Gasteiger partial charge in [0.15, 0.2) is 0 Å². The summed E-state index contributed by atoms with van der Waals surface area (Å²) in [5.41, 5.74) is 1.88. The molecular formula is C29H41F3N4O11. The molecule has 264 valence electrons. The number of hydrogen-bond acceptors (Lipinski definition) is 11. The van der Waals surface area contributed by atoms with Gasteiger partial charge in [-0.05, 0) is 30.7 Å². The van der Waals surface area contributed by atoms with Crippen LogP contribution in [0.25, 0.3) is 0 Å². The Morgan fingerprint density at radius 2 is 1.30 bits per heavy atom. The van der Waals surface area contributed by atoms with Crippen molar-refractivity contribution in [1.82, 2.24) is 10.2 Å². The fourth-order valence-electron chi connectivity index (χ4n) is 4.25. The Kier molecular flexibility index (Phi) is 17.5. The van der Waals surface area contributed by atoms with Crippen LogP contribution in [-0.4, -0.2) is 136 Å². The number of nitrogens with one attached hydrogen (secondary N) is 2. The molecule has 1 aromatic carbocycles. The Bertz CT molecular complexity index is 1150. The standard InChI is InChI=1S/C27H40N4O9.C2HF3O2/c32-24-6-5-23(27(36)29-24)28-21-1-3-22(4-2-21)30-9-11-31(12-10-30)25(33)7-13-37-15-17-39-19-20-40-18-16-38-14-8-26(34)35;3-2(4,5)1(6)7/h1-4,23,28H,5-20H2,(H,34,35)(H,29,32,36);(H,6,7). The molecule has 15 nitrogen and oxygen atoms in total. The van der Waals surface area contributed by atoms with Crippen molar-refractivity contribution in [2.24, 2.45) is 0 Å². The van der Waals surface area contributed by atoms with Crippen LogP contribution in [0.4, 0.5) is 24.5 Å². The normalized spacial score (nSPS) is 16.6. The summed E-state index contributed by atoms with van der Waals surface area (Å²) in [5.74, 6) is -4.10. The Balaban J connectivity index is 0.000000984. The fourth-order valence-corrected chi connectivity index (χ4v) is 4.25. The van der Waals surface area contributed by atoms with E-state index in [0.29, 0.717) is 78.6 Å². The average Bonchev–Trinajstić information content (AvgIpc) is 3.02. The van der Waals surface area contributed by atoms with E-state index in [-0.39, 0.29) is 30.7 Å². The highest BCUT2D eigenvalue weighted by Crippen LogP contribution is 2.21. The minimum Gasteiger partial charge on any atom is -0.481 e. The smallest absolute Gasteiger partial charge is 0.481 e. The number of carboxylic acids is 2. The molecule has 4 N–H and O–H groups in total. The van der Waals surface area contributed by atoms with Crippen molar-refractivity contribution in [3.8, 4) is 0 Å². The van der Waals surface area contributed by atoms with Crippen LogP contribution in [0.15, 0.2) is 24.3 Å². The summed E-state index contributed by atoms with van der Waals surface area (Å²) in [6.45, 7) is 5.63. The second-order valence-corrected chi connectivity index (χ2v) is 10.2. The number of piperazine rings is 1. The summed E-state index contributed by atoms with van der Waals surface area (Å²) in [5, 5.41) is 21.2. The van der Waals surface area contributed by atoms with E-state index in [0.717, 1.165) is 24.5 Å². The number of piperidine rings is 1. The molecule has 18 heteroatoms. The summed E-state index contributed by atoms with van der Waals surface area (Å²) in [6, 6.07) is 7.42. The van der Waals surface area contributed by atoms with Gasteiger partial charge >= 0.3 is 18.1 Å². The first kappa shape index (κ1) is 39.2. The number of anilines is 2. The van der Waals surface area contributed by atoms with Crippen molar-refractivity contribution < 1.29 is 66.3 Å². The summed E-state index contributed by atoms with van der Waals surface area (Å²) < 4.78 is 53.1. The molecule has 3 rings (SSSR count). The molecule has 2 fully saturated rings. The predicted molar refractivity (Wildman–Crippen MR) is 159 cm³/mol. The van der Waals surface area contributed by atoms with Crippen molar-refractivity contribution in [3.05, 3.63) is 24.3 Å². The van der Waals surface area contributed by atoms with Crippen molar-refractivity contribution >= 4 is 41.0 Å². The lowest BCUT2D eigenvalue weighted by atomic mass is 10.1. The maximum absolute atomic E-state index is 12.5. The van der Waals surface area contributed by atoms with Crippen LogP contribution in [0, 0.1) is 0 Å². The van der Waals surface area contributed by atoms with E-state index in [2.05, 4.69) is 15.5 Å². The van der Waals surface area contributed by atoms with Gasteiger partial charge in [0.05, 0.1) is 65.7 Å². The van der Waals surface area contributed by atoms with E-state index in [9.17, 15) is 32.3 Å². The lowest BCUT2D eigenvalue weighted by Crippen LogP contribution is -2.49. The number of amides is 3. The van der Waals surface area contributed by atoms with Gasteiger partial charge < -0.3 is 44.3 Å². The second kappa shape index (κ2) is 21.0. The van der Waals surface area contributed by atoms with Gasteiger partial charge in [0.1, 0.15) is 6.04 Å². The van der Waals surface area contributed by atoms with Crippen LogP contribution >= 0.6 is 0 Å². The first-order valence-electron chi connectivity index (χ1n) is 14.9. The molecule has 1 aromatic rings. The maximum Gasteiger partial charge on any atom is 0.490 e. The molecule has 0 radical (unpaired) electrons. The first-order valence-corrected chi connectivity index (χ1v) is 14.9. The third-order valence-corrected chi connectivity index (χ3v) is 6.72. The number of hydrogen-bond donors (Lipinski definition) is 4. The van der Waals surface area contributed by atoms with Gasteiger partial charge in [0, 0.05) is 44.0 Å². The van der Waals surface area contributed by atoms with Gasteiger partial charge in [-0.25, -0.2) is 4.79 Å². The molecule has 2 saturated heterocycles. The number of benzene rings is 1. The zero-order valence-corrected chi connectivity index (χ0v) is 25.8. The van der Waals surface area contributed by atoms with E-state index in [1.165, 1.54) is 0 Å². The van der Waals surface area contributed by atoms with Crippen LogP contribution in [-0.2, 0) is 42.9 Å². The van der Waals surface area contributed by atoms with Gasteiger partial charge in [-0.1, -0.05) is 0 Å². The lowest BCUT2D eigenvalue weighted by molar-refractivity contribution is -0.192. The van der Waals surface area contributed by atoms with Crippen molar-refractivity contribution in [3.63, 3.8) is 0 Å². The Hall–Kier alpha value is -4.00. The number of nitrogens with zero attached hydrogens (tertiary/aromatic N) is 2. The van der Waals surface area contributed by atoms with Crippen molar-refractivity contribution in [2.45, 2.75) is 37.9 Å². The van der Waals surface area contributed by atoms with Gasteiger partial charge in [0.2, 0.25) is 17.7 Å². The van der Waals surface area contributed by atoms with Crippen LogP contribution in [0.1, 0.15) is 25.7 Å².